The Morgan fingerprint density at radius 3 is 2.43 bits per heavy atom. The summed E-state index contributed by atoms with van der Waals surface area (Å²) in [4.78, 5) is 0. The van der Waals surface area contributed by atoms with E-state index in [-0.39, 0.29) is 11.2 Å². The van der Waals surface area contributed by atoms with Crippen LogP contribution in [0.15, 0.2) is 18.2 Å². The molecule has 0 heterocycles. The summed E-state index contributed by atoms with van der Waals surface area (Å²) in [5.41, 5.74) is 2.20. The van der Waals surface area contributed by atoms with Crippen LogP contribution < -0.4 is 0 Å². The quantitative estimate of drug-likeness (QED) is 0.547. The molecule has 0 atom stereocenters. The lowest BCUT2D eigenvalue weighted by atomic mass is 9.42. The molecule has 3 aliphatic carbocycles. The molecular weight excluding hydrogens is 290 g/mol. The zero-order valence-electron chi connectivity index (χ0n) is 8.11. The predicted molar refractivity (Wildman–Crippen MR) is 63.4 cm³/mol. The van der Waals surface area contributed by atoms with Crippen molar-refractivity contribution in [2.24, 2.45) is 0 Å². The van der Waals surface area contributed by atoms with E-state index in [1.54, 1.807) is 6.07 Å². The molecule has 74 valence electrons. The van der Waals surface area contributed by atoms with Crippen molar-refractivity contribution in [3.8, 4) is 0 Å². The van der Waals surface area contributed by atoms with Crippen LogP contribution in [0.2, 0.25) is 0 Å². The summed E-state index contributed by atoms with van der Waals surface area (Å²) >= 11 is 2.53. The van der Waals surface area contributed by atoms with Gasteiger partial charge in [0.05, 0.1) is 0 Å². The second kappa shape index (κ2) is 2.52. The summed E-state index contributed by atoms with van der Waals surface area (Å²) in [6.45, 7) is 1.94. The maximum absolute atomic E-state index is 13.7. The fourth-order valence-corrected chi connectivity index (χ4v) is 5.19. The van der Waals surface area contributed by atoms with Crippen molar-refractivity contribution in [2.75, 3.05) is 0 Å². The number of benzene rings is 1. The molecule has 3 saturated carbocycles. The van der Waals surface area contributed by atoms with E-state index in [2.05, 4.69) is 22.6 Å². The molecule has 4 rings (SSSR count). The monoisotopic (exact) mass is 302 g/mol. The van der Waals surface area contributed by atoms with E-state index in [9.17, 15) is 4.39 Å². The van der Waals surface area contributed by atoms with Crippen molar-refractivity contribution in [3.05, 3.63) is 35.1 Å². The molecule has 0 radical (unpaired) electrons. The highest BCUT2D eigenvalue weighted by molar-refractivity contribution is 14.1. The molecule has 3 aliphatic rings. The highest BCUT2D eigenvalue weighted by atomic mass is 127. The van der Waals surface area contributed by atoms with Gasteiger partial charge >= 0.3 is 0 Å². The van der Waals surface area contributed by atoms with E-state index >= 15 is 0 Å². The fourth-order valence-electron chi connectivity index (χ4n) is 3.00. The molecule has 0 saturated heterocycles. The van der Waals surface area contributed by atoms with Gasteiger partial charge in [-0.15, -0.1) is 0 Å². The summed E-state index contributed by atoms with van der Waals surface area (Å²) in [5, 5.41) is 0. The smallest absolute Gasteiger partial charge is 0.127 e. The SMILES string of the molecule is Cc1ccc(C23CC(I)(C2)C3)c(F)c1. The molecule has 1 aromatic rings. The van der Waals surface area contributed by atoms with Crippen molar-refractivity contribution in [1.29, 1.82) is 0 Å². The van der Waals surface area contributed by atoms with Gasteiger partial charge in [0.2, 0.25) is 0 Å². The molecule has 1 aromatic carbocycles. The second-order valence-electron chi connectivity index (χ2n) is 4.94. The lowest BCUT2D eigenvalue weighted by molar-refractivity contribution is 0.0188. The summed E-state index contributed by atoms with van der Waals surface area (Å²) in [6, 6.07) is 5.67. The van der Waals surface area contributed by atoms with Crippen molar-refractivity contribution in [1.82, 2.24) is 0 Å². The lowest BCUT2D eigenvalue weighted by Gasteiger charge is -2.68. The van der Waals surface area contributed by atoms with Crippen molar-refractivity contribution >= 4 is 22.6 Å². The predicted octanol–water partition coefficient (Wildman–Crippen LogP) is 3.74. The second-order valence-corrected chi connectivity index (χ2v) is 7.23. The average molecular weight is 302 g/mol. The molecule has 14 heavy (non-hydrogen) atoms. The molecule has 0 spiro atoms. The zero-order chi connectivity index (χ0) is 9.97. The van der Waals surface area contributed by atoms with Crippen molar-refractivity contribution in [2.45, 2.75) is 35.0 Å². The normalized spacial score (nSPS) is 38.8. The van der Waals surface area contributed by atoms with Gasteiger partial charge in [-0.3, -0.25) is 0 Å². The van der Waals surface area contributed by atoms with Crippen LogP contribution in [0.4, 0.5) is 4.39 Å². The minimum Gasteiger partial charge on any atom is -0.207 e. The molecule has 0 amide bonds. The first-order chi connectivity index (χ1) is 6.53. The van der Waals surface area contributed by atoms with E-state index in [1.165, 1.54) is 19.3 Å². The Labute approximate surface area is 97.0 Å². The van der Waals surface area contributed by atoms with Crippen LogP contribution in [-0.4, -0.2) is 3.42 Å². The first-order valence-corrected chi connectivity index (χ1v) is 6.07. The van der Waals surface area contributed by atoms with Gasteiger partial charge < -0.3 is 0 Å². The fraction of sp³-hybridized carbons (Fsp3) is 0.500. The summed E-state index contributed by atoms with van der Waals surface area (Å²) in [5.74, 6) is 0.00292. The number of halogens is 2. The van der Waals surface area contributed by atoms with Crippen LogP contribution in [0.3, 0.4) is 0 Å². The maximum atomic E-state index is 13.7. The highest BCUT2D eigenvalue weighted by Crippen LogP contribution is 2.72. The third-order valence-corrected chi connectivity index (χ3v) is 4.81. The standard InChI is InChI=1S/C12H12FI/c1-8-2-3-9(10(13)4-8)11-5-12(14,6-11)7-11/h2-4H,5-7H2,1H3. The van der Waals surface area contributed by atoms with Crippen LogP contribution in [0.5, 0.6) is 0 Å². The van der Waals surface area contributed by atoms with Crippen LogP contribution in [-0.2, 0) is 5.41 Å². The summed E-state index contributed by atoms with van der Waals surface area (Å²) < 4.78 is 14.2. The Morgan fingerprint density at radius 2 is 1.93 bits per heavy atom. The third-order valence-electron chi connectivity index (χ3n) is 3.66. The van der Waals surface area contributed by atoms with E-state index in [0.717, 1.165) is 11.1 Å². The Balaban J connectivity index is 1.99. The van der Waals surface area contributed by atoms with E-state index in [1.807, 2.05) is 19.1 Å². The van der Waals surface area contributed by atoms with Gasteiger partial charge in [0.1, 0.15) is 5.82 Å². The Morgan fingerprint density at radius 1 is 1.29 bits per heavy atom. The van der Waals surface area contributed by atoms with Gasteiger partial charge in [0.15, 0.2) is 0 Å². The highest BCUT2D eigenvalue weighted by Gasteiger charge is 2.67. The van der Waals surface area contributed by atoms with Gasteiger partial charge in [0, 0.05) is 8.84 Å². The molecule has 0 nitrogen and oxygen atoms in total. The van der Waals surface area contributed by atoms with Gasteiger partial charge in [0.25, 0.3) is 0 Å². The zero-order valence-corrected chi connectivity index (χ0v) is 10.3. The average Bonchev–Trinajstić information content (AvgIpc) is 1.98. The van der Waals surface area contributed by atoms with Crippen molar-refractivity contribution < 1.29 is 4.39 Å². The van der Waals surface area contributed by atoms with E-state index < -0.39 is 0 Å². The minimum absolute atomic E-state index is 0.00292. The summed E-state index contributed by atoms with van der Waals surface area (Å²) in [6.07, 6.45) is 3.54. The number of hydrogen-bond acceptors (Lipinski definition) is 0. The van der Waals surface area contributed by atoms with Crippen LogP contribution in [0.1, 0.15) is 30.4 Å². The molecule has 0 aliphatic heterocycles. The topological polar surface area (TPSA) is 0 Å². The van der Waals surface area contributed by atoms with Crippen molar-refractivity contribution in [3.63, 3.8) is 0 Å². The Kier molecular flexibility index (Phi) is 1.64. The largest absolute Gasteiger partial charge is 0.207 e. The van der Waals surface area contributed by atoms with Gasteiger partial charge in [-0.2, -0.15) is 0 Å². The molecular formula is C12H12FI. The number of aryl methyl sites for hydroxylation is 1. The van der Waals surface area contributed by atoms with Crippen LogP contribution in [0.25, 0.3) is 0 Å². The first kappa shape index (κ1) is 9.13. The number of rotatable bonds is 1. The maximum Gasteiger partial charge on any atom is 0.127 e. The number of hydrogen-bond donors (Lipinski definition) is 0. The molecule has 0 unspecified atom stereocenters. The van der Waals surface area contributed by atoms with E-state index in [0.29, 0.717) is 3.42 Å². The Bertz CT molecular complexity index is 391. The lowest BCUT2D eigenvalue weighted by Crippen LogP contribution is -2.66. The molecule has 0 N–H and O–H groups in total. The molecule has 3 fully saturated rings. The van der Waals surface area contributed by atoms with E-state index in [4.69, 9.17) is 0 Å². The first-order valence-electron chi connectivity index (χ1n) is 4.99. The van der Waals surface area contributed by atoms with Gasteiger partial charge in [-0.1, -0.05) is 34.7 Å². The van der Waals surface area contributed by atoms with Gasteiger partial charge in [-0.05, 0) is 43.4 Å². The van der Waals surface area contributed by atoms with Crippen LogP contribution in [0, 0.1) is 12.7 Å². The van der Waals surface area contributed by atoms with Crippen LogP contribution >= 0.6 is 22.6 Å². The molecule has 2 bridgehead atoms. The number of alkyl halides is 1. The molecule has 0 aromatic heterocycles. The summed E-state index contributed by atoms with van der Waals surface area (Å²) in [7, 11) is 0. The minimum atomic E-state index is 0.00292. The Hall–Kier alpha value is -0.120. The molecule has 2 heteroatoms. The third kappa shape index (κ3) is 1.03. The van der Waals surface area contributed by atoms with Gasteiger partial charge in [-0.25, -0.2) is 4.39 Å².